The monoisotopic (exact) mass is 404 g/mol. The zero-order chi connectivity index (χ0) is 20.1. The van der Waals surface area contributed by atoms with Crippen molar-refractivity contribution in [2.75, 3.05) is 46.2 Å². The van der Waals surface area contributed by atoms with Gasteiger partial charge in [0, 0.05) is 25.8 Å². The summed E-state index contributed by atoms with van der Waals surface area (Å²) < 4.78 is 31.9. The number of likely N-dealkylation sites (N-methyl/N-ethyl adjacent to an activating group) is 1. The number of pyridine rings is 1. The zero-order valence-electron chi connectivity index (χ0n) is 16.6. The first-order valence-electron chi connectivity index (χ1n) is 9.42. The van der Waals surface area contributed by atoms with Crippen LogP contribution in [0.1, 0.15) is 24.4 Å². The lowest BCUT2D eigenvalue weighted by molar-refractivity contribution is 0.311. The molecule has 28 heavy (non-hydrogen) atoms. The predicted molar refractivity (Wildman–Crippen MR) is 110 cm³/mol. The van der Waals surface area contributed by atoms with E-state index in [2.05, 4.69) is 15.2 Å². The summed E-state index contributed by atoms with van der Waals surface area (Å²) in [6.45, 7) is 1.83. The maximum absolute atomic E-state index is 12.6. The number of nitrogens with one attached hydrogen (secondary N) is 1. The molecule has 0 bridgehead atoms. The van der Waals surface area contributed by atoms with Crippen LogP contribution in [-0.2, 0) is 10.0 Å². The highest BCUT2D eigenvalue weighted by Gasteiger charge is 2.27. The van der Waals surface area contributed by atoms with Gasteiger partial charge in [0.15, 0.2) is 0 Å². The first-order chi connectivity index (χ1) is 13.4. The van der Waals surface area contributed by atoms with Gasteiger partial charge in [-0.05, 0) is 56.8 Å². The Balaban J connectivity index is 1.67. The molecule has 0 aliphatic carbocycles. The molecule has 7 nitrogen and oxygen atoms in total. The molecule has 1 fully saturated rings. The van der Waals surface area contributed by atoms with Gasteiger partial charge in [0.1, 0.15) is 16.5 Å². The maximum Gasteiger partial charge on any atom is 0.244 e. The Morgan fingerprint density at radius 1 is 1.14 bits per heavy atom. The molecular weight excluding hydrogens is 376 g/mol. The second kappa shape index (κ2) is 8.89. The molecule has 1 aromatic carbocycles. The van der Waals surface area contributed by atoms with Crippen molar-refractivity contribution >= 4 is 15.8 Å². The molecule has 2 aromatic rings. The molecule has 1 aliphatic rings. The average molecular weight is 405 g/mol. The SMILES string of the molecule is COc1ccc(C(CNc2ccc(S(=O)(=O)N3CCCC3)cn2)N(C)C)cc1. The maximum atomic E-state index is 12.6. The second-order valence-electron chi connectivity index (χ2n) is 7.12. The molecule has 8 heteroatoms. The predicted octanol–water partition coefficient (Wildman–Crippen LogP) is 2.59. The molecular formula is C20H28N4O3S. The third-order valence-corrected chi connectivity index (χ3v) is 6.92. The van der Waals surface area contributed by atoms with Crippen LogP contribution in [0.4, 0.5) is 5.82 Å². The van der Waals surface area contributed by atoms with Gasteiger partial charge in [0.2, 0.25) is 10.0 Å². The zero-order valence-corrected chi connectivity index (χ0v) is 17.4. The highest BCUT2D eigenvalue weighted by molar-refractivity contribution is 7.89. The molecule has 3 rings (SSSR count). The molecule has 0 amide bonds. The Bertz CT molecular complexity index is 861. The molecule has 1 N–H and O–H groups in total. The third kappa shape index (κ3) is 4.63. The smallest absolute Gasteiger partial charge is 0.244 e. The van der Waals surface area contributed by atoms with Crippen molar-refractivity contribution in [3.63, 3.8) is 0 Å². The summed E-state index contributed by atoms with van der Waals surface area (Å²) in [6, 6.07) is 11.5. The van der Waals surface area contributed by atoms with E-state index in [4.69, 9.17) is 4.74 Å². The van der Waals surface area contributed by atoms with Crippen LogP contribution in [0, 0.1) is 0 Å². The van der Waals surface area contributed by atoms with E-state index in [-0.39, 0.29) is 10.9 Å². The second-order valence-corrected chi connectivity index (χ2v) is 9.06. The van der Waals surface area contributed by atoms with Gasteiger partial charge in [-0.1, -0.05) is 12.1 Å². The third-order valence-electron chi connectivity index (χ3n) is 5.04. The van der Waals surface area contributed by atoms with Crippen LogP contribution < -0.4 is 10.1 Å². The van der Waals surface area contributed by atoms with E-state index in [1.165, 1.54) is 10.5 Å². The lowest BCUT2D eigenvalue weighted by atomic mass is 10.1. The Morgan fingerprint density at radius 2 is 1.82 bits per heavy atom. The minimum Gasteiger partial charge on any atom is -0.497 e. The summed E-state index contributed by atoms with van der Waals surface area (Å²) >= 11 is 0. The van der Waals surface area contributed by atoms with Crippen LogP contribution in [-0.4, -0.2) is 63.4 Å². The normalized spacial score (nSPS) is 16.3. The number of aromatic nitrogens is 1. The molecule has 0 saturated carbocycles. The number of rotatable bonds is 8. The van der Waals surface area contributed by atoms with Gasteiger partial charge in [-0.3, -0.25) is 0 Å². The fourth-order valence-corrected chi connectivity index (χ4v) is 4.80. The van der Waals surface area contributed by atoms with Crippen molar-refractivity contribution in [2.45, 2.75) is 23.8 Å². The summed E-state index contributed by atoms with van der Waals surface area (Å²) in [4.78, 5) is 6.69. The fourth-order valence-electron chi connectivity index (χ4n) is 3.34. The Kier molecular flexibility index (Phi) is 6.53. The minimum atomic E-state index is -3.43. The van der Waals surface area contributed by atoms with E-state index in [0.717, 1.165) is 24.2 Å². The van der Waals surface area contributed by atoms with E-state index in [9.17, 15) is 8.42 Å². The quantitative estimate of drug-likeness (QED) is 0.729. The Morgan fingerprint density at radius 3 is 2.36 bits per heavy atom. The lowest BCUT2D eigenvalue weighted by Crippen LogP contribution is -2.28. The topological polar surface area (TPSA) is 74.8 Å². The summed E-state index contributed by atoms with van der Waals surface area (Å²) in [5, 5.41) is 3.31. The molecule has 1 aliphatic heterocycles. The molecule has 0 spiro atoms. The number of nitrogens with zero attached hydrogens (tertiary/aromatic N) is 3. The van der Waals surface area contributed by atoms with Gasteiger partial charge in [0.25, 0.3) is 0 Å². The van der Waals surface area contributed by atoms with Crippen molar-refractivity contribution in [3.05, 3.63) is 48.2 Å². The number of ether oxygens (including phenoxy) is 1. The van der Waals surface area contributed by atoms with E-state index < -0.39 is 10.0 Å². The average Bonchev–Trinajstić information content (AvgIpc) is 3.24. The van der Waals surface area contributed by atoms with Crippen LogP contribution >= 0.6 is 0 Å². The molecule has 1 unspecified atom stereocenters. The number of hydrogen-bond donors (Lipinski definition) is 1. The van der Waals surface area contributed by atoms with E-state index in [1.807, 2.05) is 38.4 Å². The van der Waals surface area contributed by atoms with E-state index in [1.54, 1.807) is 19.2 Å². The Labute approximate surface area is 167 Å². The molecule has 1 aromatic heterocycles. The Hall–Kier alpha value is -2.16. The van der Waals surface area contributed by atoms with Gasteiger partial charge in [0.05, 0.1) is 13.2 Å². The van der Waals surface area contributed by atoms with Crippen LogP contribution in [0.2, 0.25) is 0 Å². The first-order valence-corrected chi connectivity index (χ1v) is 10.9. The van der Waals surface area contributed by atoms with Crippen molar-refractivity contribution < 1.29 is 13.2 Å². The number of anilines is 1. The lowest BCUT2D eigenvalue weighted by Gasteiger charge is -2.25. The number of sulfonamides is 1. The van der Waals surface area contributed by atoms with Gasteiger partial charge in [-0.25, -0.2) is 13.4 Å². The number of methoxy groups -OCH3 is 1. The van der Waals surface area contributed by atoms with Crippen LogP contribution in [0.5, 0.6) is 5.75 Å². The summed E-state index contributed by atoms with van der Waals surface area (Å²) in [6.07, 6.45) is 3.28. The molecule has 1 atom stereocenters. The van der Waals surface area contributed by atoms with Gasteiger partial charge in [-0.15, -0.1) is 0 Å². The van der Waals surface area contributed by atoms with Crippen molar-refractivity contribution in [1.82, 2.24) is 14.2 Å². The standard InChI is InChI=1S/C20H28N4O3S/c1-23(2)19(16-6-8-17(27-3)9-7-16)15-22-20-11-10-18(14-21-20)28(25,26)24-12-4-5-13-24/h6-11,14,19H,4-5,12-13,15H2,1-3H3,(H,21,22). The largest absolute Gasteiger partial charge is 0.497 e. The van der Waals surface area contributed by atoms with Crippen LogP contribution in [0.3, 0.4) is 0 Å². The molecule has 2 heterocycles. The van der Waals surface area contributed by atoms with Crippen LogP contribution in [0.15, 0.2) is 47.5 Å². The van der Waals surface area contributed by atoms with Gasteiger partial charge < -0.3 is 15.0 Å². The number of benzene rings is 1. The number of hydrogen-bond acceptors (Lipinski definition) is 6. The van der Waals surface area contributed by atoms with Crippen LogP contribution in [0.25, 0.3) is 0 Å². The minimum absolute atomic E-state index is 0.140. The molecule has 0 radical (unpaired) electrons. The molecule has 152 valence electrons. The highest BCUT2D eigenvalue weighted by atomic mass is 32.2. The summed E-state index contributed by atoms with van der Waals surface area (Å²) in [5.41, 5.74) is 1.16. The van der Waals surface area contributed by atoms with Crippen molar-refractivity contribution in [3.8, 4) is 5.75 Å². The summed E-state index contributed by atoms with van der Waals surface area (Å²) in [7, 11) is 2.27. The van der Waals surface area contributed by atoms with Gasteiger partial charge >= 0.3 is 0 Å². The van der Waals surface area contributed by atoms with E-state index in [0.29, 0.717) is 25.5 Å². The van der Waals surface area contributed by atoms with Crippen molar-refractivity contribution in [2.24, 2.45) is 0 Å². The molecule has 1 saturated heterocycles. The summed E-state index contributed by atoms with van der Waals surface area (Å²) in [5.74, 6) is 1.48. The van der Waals surface area contributed by atoms with Gasteiger partial charge in [-0.2, -0.15) is 4.31 Å². The fraction of sp³-hybridized carbons (Fsp3) is 0.450. The highest BCUT2D eigenvalue weighted by Crippen LogP contribution is 2.23. The first kappa shape index (κ1) is 20.6. The van der Waals surface area contributed by atoms with Crippen molar-refractivity contribution in [1.29, 1.82) is 0 Å². The van der Waals surface area contributed by atoms with E-state index >= 15 is 0 Å².